The number of carbonyl (C=O) groups excluding carboxylic acids is 1. The van der Waals surface area contributed by atoms with E-state index in [4.69, 9.17) is 10.1 Å². The Hall–Kier alpha value is -1.63. The molecule has 0 aromatic carbocycles. The molecule has 0 aliphatic carbocycles. The number of halogens is 2. The van der Waals surface area contributed by atoms with Crippen LogP contribution in [0.5, 0.6) is 0 Å². The van der Waals surface area contributed by atoms with Gasteiger partial charge in [0.25, 0.3) is 5.91 Å². The second kappa shape index (κ2) is 9.92. The number of hydrogen-bond acceptors (Lipinski definition) is 4. The standard InChI is InChI=1S/C21H31N5O.2ClH/c1-13(2)17-11-16(20(27)23-12-15-7-9-22-10-8-15)18-14(3)25-26(19(18)24-17)21(4,5)6;;/h7,11,13,22H,8-10,12H2,1-6H3,(H,23,27);2*1H. The van der Waals surface area contributed by atoms with E-state index in [9.17, 15) is 4.79 Å². The van der Waals surface area contributed by atoms with Crippen molar-refractivity contribution in [2.24, 2.45) is 0 Å². The first-order valence-electron chi connectivity index (χ1n) is 9.76. The van der Waals surface area contributed by atoms with E-state index in [1.54, 1.807) is 0 Å². The smallest absolute Gasteiger partial charge is 0.252 e. The maximum absolute atomic E-state index is 13.1. The molecule has 3 rings (SSSR count). The summed E-state index contributed by atoms with van der Waals surface area (Å²) in [7, 11) is 0. The van der Waals surface area contributed by atoms with Gasteiger partial charge in [0.05, 0.1) is 22.2 Å². The van der Waals surface area contributed by atoms with Crippen LogP contribution < -0.4 is 10.6 Å². The van der Waals surface area contributed by atoms with E-state index >= 15 is 0 Å². The Labute approximate surface area is 185 Å². The zero-order chi connectivity index (χ0) is 19.8. The maximum Gasteiger partial charge on any atom is 0.252 e. The minimum Gasteiger partial charge on any atom is -0.348 e. The minimum absolute atomic E-state index is 0. The summed E-state index contributed by atoms with van der Waals surface area (Å²) in [6.45, 7) is 14.9. The second-order valence-corrected chi connectivity index (χ2v) is 8.62. The predicted molar refractivity (Wildman–Crippen MR) is 124 cm³/mol. The van der Waals surface area contributed by atoms with Crippen molar-refractivity contribution < 1.29 is 4.79 Å². The molecular weight excluding hydrogens is 409 g/mol. The van der Waals surface area contributed by atoms with Gasteiger partial charge >= 0.3 is 0 Å². The molecule has 29 heavy (non-hydrogen) atoms. The largest absolute Gasteiger partial charge is 0.348 e. The summed E-state index contributed by atoms with van der Waals surface area (Å²) in [6, 6.07) is 1.93. The number of nitrogens with zero attached hydrogens (tertiary/aromatic N) is 3. The van der Waals surface area contributed by atoms with E-state index in [2.05, 4.69) is 51.3 Å². The van der Waals surface area contributed by atoms with Gasteiger partial charge in [0.1, 0.15) is 0 Å². The maximum atomic E-state index is 13.1. The van der Waals surface area contributed by atoms with Gasteiger partial charge in [-0.3, -0.25) is 4.79 Å². The number of carbonyl (C=O) groups is 1. The Kier molecular flexibility index (Phi) is 8.69. The molecular formula is C21H33Cl2N5O. The molecule has 0 saturated heterocycles. The van der Waals surface area contributed by atoms with Crippen LogP contribution in [0.25, 0.3) is 11.0 Å². The lowest BCUT2D eigenvalue weighted by Gasteiger charge is -2.20. The fourth-order valence-electron chi connectivity index (χ4n) is 3.37. The Morgan fingerprint density at radius 1 is 1.31 bits per heavy atom. The number of pyridine rings is 1. The molecule has 8 heteroatoms. The number of amides is 1. The first kappa shape index (κ1) is 25.4. The highest BCUT2D eigenvalue weighted by Gasteiger charge is 2.25. The molecule has 3 heterocycles. The normalized spacial score (nSPS) is 14.2. The zero-order valence-electron chi connectivity index (χ0n) is 18.1. The fourth-order valence-corrected chi connectivity index (χ4v) is 3.37. The van der Waals surface area contributed by atoms with Gasteiger partial charge in [-0.25, -0.2) is 9.67 Å². The third kappa shape index (κ3) is 5.50. The van der Waals surface area contributed by atoms with Crippen LogP contribution in [0.3, 0.4) is 0 Å². The van der Waals surface area contributed by atoms with Gasteiger partial charge in [0.2, 0.25) is 0 Å². The van der Waals surface area contributed by atoms with Gasteiger partial charge < -0.3 is 10.6 Å². The lowest BCUT2D eigenvalue weighted by molar-refractivity contribution is 0.0958. The molecule has 0 atom stereocenters. The number of hydrogen-bond donors (Lipinski definition) is 2. The molecule has 2 N–H and O–H groups in total. The van der Waals surface area contributed by atoms with Gasteiger partial charge in [-0.2, -0.15) is 5.10 Å². The monoisotopic (exact) mass is 441 g/mol. The molecule has 6 nitrogen and oxygen atoms in total. The third-order valence-corrected chi connectivity index (χ3v) is 4.94. The quantitative estimate of drug-likeness (QED) is 0.699. The number of fused-ring (bicyclic) bond motifs is 1. The molecule has 0 saturated carbocycles. The predicted octanol–water partition coefficient (Wildman–Crippen LogP) is 4.11. The summed E-state index contributed by atoms with van der Waals surface area (Å²) in [5.41, 5.74) is 4.29. The zero-order valence-corrected chi connectivity index (χ0v) is 19.8. The first-order valence-corrected chi connectivity index (χ1v) is 9.76. The molecule has 1 aliphatic rings. The van der Waals surface area contributed by atoms with Crippen molar-refractivity contribution in [3.63, 3.8) is 0 Å². The molecule has 2 aromatic heterocycles. The van der Waals surface area contributed by atoms with Gasteiger partial charge in [0.15, 0.2) is 5.65 Å². The summed E-state index contributed by atoms with van der Waals surface area (Å²) in [5, 5.41) is 12.0. The Morgan fingerprint density at radius 3 is 2.55 bits per heavy atom. The highest BCUT2D eigenvalue weighted by Crippen LogP contribution is 2.28. The van der Waals surface area contributed by atoms with Crippen molar-refractivity contribution >= 4 is 41.8 Å². The van der Waals surface area contributed by atoms with Crippen molar-refractivity contribution in [2.45, 2.75) is 59.4 Å². The lowest BCUT2D eigenvalue weighted by Crippen LogP contribution is -2.30. The number of aromatic nitrogens is 3. The number of aryl methyl sites for hydroxylation is 1. The van der Waals surface area contributed by atoms with Crippen LogP contribution >= 0.6 is 24.8 Å². The van der Waals surface area contributed by atoms with Crippen molar-refractivity contribution in [1.82, 2.24) is 25.4 Å². The van der Waals surface area contributed by atoms with E-state index in [0.717, 1.165) is 41.9 Å². The highest BCUT2D eigenvalue weighted by molar-refractivity contribution is 6.06. The number of rotatable bonds is 4. The van der Waals surface area contributed by atoms with Crippen LogP contribution in [0.1, 0.15) is 68.7 Å². The van der Waals surface area contributed by atoms with E-state index in [1.165, 1.54) is 5.57 Å². The van der Waals surface area contributed by atoms with E-state index in [-0.39, 0.29) is 42.2 Å². The molecule has 0 spiro atoms. The van der Waals surface area contributed by atoms with Gasteiger partial charge in [-0.05, 0) is 52.6 Å². The lowest BCUT2D eigenvalue weighted by atomic mass is 10.0. The summed E-state index contributed by atoms with van der Waals surface area (Å²) in [6.07, 6.45) is 3.14. The first-order chi connectivity index (χ1) is 12.7. The van der Waals surface area contributed by atoms with Crippen LogP contribution in [0.15, 0.2) is 17.7 Å². The van der Waals surface area contributed by atoms with Gasteiger partial charge in [-0.1, -0.05) is 25.5 Å². The highest BCUT2D eigenvalue weighted by atomic mass is 35.5. The van der Waals surface area contributed by atoms with Crippen molar-refractivity contribution in [1.29, 1.82) is 0 Å². The third-order valence-electron chi connectivity index (χ3n) is 4.94. The van der Waals surface area contributed by atoms with Gasteiger partial charge in [-0.15, -0.1) is 24.8 Å². The minimum atomic E-state index is -0.206. The number of nitrogens with one attached hydrogen (secondary N) is 2. The molecule has 2 aromatic rings. The average molecular weight is 442 g/mol. The summed E-state index contributed by atoms with van der Waals surface area (Å²) in [5.74, 6) is 0.178. The fraction of sp³-hybridized carbons (Fsp3) is 0.571. The Balaban J connectivity index is 0.00000210. The van der Waals surface area contributed by atoms with Crippen molar-refractivity contribution in [3.05, 3.63) is 34.7 Å². The van der Waals surface area contributed by atoms with Crippen LogP contribution in [0.4, 0.5) is 0 Å². The summed E-state index contributed by atoms with van der Waals surface area (Å²) >= 11 is 0. The van der Waals surface area contributed by atoms with Crippen LogP contribution in [-0.4, -0.2) is 40.3 Å². The van der Waals surface area contributed by atoms with Crippen LogP contribution in [0.2, 0.25) is 0 Å². The Bertz CT molecular complexity index is 897. The molecule has 0 radical (unpaired) electrons. The van der Waals surface area contributed by atoms with Crippen molar-refractivity contribution in [2.75, 3.05) is 19.6 Å². The van der Waals surface area contributed by atoms with Crippen LogP contribution in [-0.2, 0) is 5.54 Å². The van der Waals surface area contributed by atoms with E-state index in [1.807, 2.05) is 17.7 Å². The molecule has 0 unspecified atom stereocenters. The molecule has 162 valence electrons. The van der Waals surface area contributed by atoms with E-state index in [0.29, 0.717) is 12.1 Å². The van der Waals surface area contributed by atoms with E-state index < -0.39 is 0 Å². The van der Waals surface area contributed by atoms with Crippen molar-refractivity contribution in [3.8, 4) is 0 Å². The SMILES string of the molecule is Cc1nn(C(C)(C)C)c2nc(C(C)C)cc(C(=O)NCC3=CCNCC3)c12.Cl.Cl. The second-order valence-electron chi connectivity index (χ2n) is 8.62. The molecule has 0 bridgehead atoms. The topological polar surface area (TPSA) is 71.8 Å². The summed E-state index contributed by atoms with van der Waals surface area (Å²) in [4.78, 5) is 17.9. The Morgan fingerprint density at radius 2 is 2.00 bits per heavy atom. The average Bonchev–Trinajstić information content (AvgIpc) is 2.97. The van der Waals surface area contributed by atoms with Crippen LogP contribution in [0, 0.1) is 6.92 Å². The molecule has 0 fully saturated rings. The van der Waals surface area contributed by atoms with Gasteiger partial charge in [0, 0.05) is 18.8 Å². The molecule has 1 amide bonds. The summed E-state index contributed by atoms with van der Waals surface area (Å²) < 4.78 is 1.94. The molecule has 1 aliphatic heterocycles.